The zero-order valence-corrected chi connectivity index (χ0v) is 12.2. The van der Waals surface area contributed by atoms with Gasteiger partial charge in [0.15, 0.2) is 0 Å². The van der Waals surface area contributed by atoms with Gasteiger partial charge in [0, 0.05) is 17.8 Å². The van der Waals surface area contributed by atoms with Gasteiger partial charge in [-0.2, -0.15) is 0 Å². The third-order valence-electron chi connectivity index (χ3n) is 3.29. The Balaban J connectivity index is 2.19. The molecule has 0 saturated heterocycles. The van der Waals surface area contributed by atoms with Gasteiger partial charge in [-0.3, -0.25) is 4.79 Å². The number of para-hydroxylation sites is 1. The van der Waals surface area contributed by atoms with Gasteiger partial charge in [-0.05, 0) is 37.3 Å². The van der Waals surface area contributed by atoms with E-state index in [-0.39, 0.29) is 18.1 Å². The molecule has 0 spiro atoms. The van der Waals surface area contributed by atoms with Crippen molar-refractivity contribution >= 4 is 11.6 Å². The number of anilines is 1. The van der Waals surface area contributed by atoms with Crippen molar-refractivity contribution in [2.24, 2.45) is 0 Å². The van der Waals surface area contributed by atoms with Crippen molar-refractivity contribution in [1.29, 1.82) is 0 Å². The molecule has 110 valence electrons. The lowest BCUT2D eigenvalue weighted by Crippen LogP contribution is -2.32. The number of halogens is 1. The molecular weight excluding hydrogens is 269 g/mol. The van der Waals surface area contributed by atoms with Crippen LogP contribution in [-0.4, -0.2) is 19.6 Å². The summed E-state index contributed by atoms with van der Waals surface area (Å²) >= 11 is 0. The Kier molecular flexibility index (Phi) is 4.93. The van der Waals surface area contributed by atoms with Crippen molar-refractivity contribution in [2.45, 2.75) is 13.3 Å². The molecule has 0 aromatic heterocycles. The summed E-state index contributed by atoms with van der Waals surface area (Å²) in [5.41, 5.74) is 1.53. The van der Waals surface area contributed by atoms with E-state index < -0.39 is 0 Å². The molecule has 0 bridgehead atoms. The summed E-state index contributed by atoms with van der Waals surface area (Å²) in [5.74, 6) is 0.335. The van der Waals surface area contributed by atoms with Crippen LogP contribution in [0.25, 0.3) is 0 Å². The van der Waals surface area contributed by atoms with Crippen LogP contribution in [-0.2, 0) is 11.2 Å². The maximum atomic E-state index is 13.0. The average molecular weight is 287 g/mol. The van der Waals surface area contributed by atoms with Crippen molar-refractivity contribution in [1.82, 2.24) is 0 Å². The summed E-state index contributed by atoms with van der Waals surface area (Å²) in [5, 5.41) is 0. The van der Waals surface area contributed by atoms with Crippen LogP contribution in [0.3, 0.4) is 0 Å². The van der Waals surface area contributed by atoms with Crippen LogP contribution in [0.5, 0.6) is 5.75 Å². The molecule has 0 fully saturated rings. The minimum atomic E-state index is -0.313. The Labute approximate surface area is 124 Å². The van der Waals surface area contributed by atoms with E-state index in [0.717, 1.165) is 5.56 Å². The standard InChI is InChI=1S/C17H18FNO2/c1-3-19(15-10-8-14(18)9-11-15)17(20)12-13-6-4-5-7-16(13)21-2/h4-11H,3,12H2,1-2H3. The topological polar surface area (TPSA) is 29.5 Å². The molecular formula is C17H18FNO2. The smallest absolute Gasteiger partial charge is 0.231 e. The van der Waals surface area contributed by atoms with Crippen molar-refractivity contribution in [3.8, 4) is 5.75 Å². The Morgan fingerprint density at radius 2 is 1.81 bits per heavy atom. The van der Waals surface area contributed by atoms with Gasteiger partial charge in [0.2, 0.25) is 5.91 Å². The number of ether oxygens (including phenoxy) is 1. The monoisotopic (exact) mass is 287 g/mol. The van der Waals surface area contributed by atoms with E-state index in [4.69, 9.17) is 4.74 Å². The molecule has 0 aliphatic rings. The second kappa shape index (κ2) is 6.88. The van der Waals surface area contributed by atoms with Gasteiger partial charge in [0.1, 0.15) is 11.6 Å². The maximum absolute atomic E-state index is 13.0. The fourth-order valence-corrected chi connectivity index (χ4v) is 2.23. The summed E-state index contributed by atoms with van der Waals surface area (Å²) in [6.45, 7) is 2.42. The van der Waals surface area contributed by atoms with Crippen LogP contribution in [0.15, 0.2) is 48.5 Å². The highest BCUT2D eigenvalue weighted by Crippen LogP contribution is 2.21. The molecule has 0 heterocycles. The number of hydrogen-bond donors (Lipinski definition) is 0. The quantitative estimate of drug-likeness (QED) is 0.843. The van der Waals surface area contributed by atoms with Crippen LogP contribution in [0, 0.1) is 5.82 Å². The number of likely N-dealkylation sites (N-methyl/N-ethyl adjacent to an activating group) is 1. The number of nitrogens with zero attached hydrogens (tertiary/aromatic N) is 1. The van der Waals surface area contributed by atoms with Crippen LogP contribution < -0.4 is 9.64 Å². The zero-order chi connectivity index (χ0) is 15.2. The Morgan fingerprint density at radius 1 is 1.14 bits per heavy atom. The van der Waals surface area contributed by atoms with Gasteiger partial charge < -0.3 is 9.64 Å². The lowest BCUT2D eigenvalue weighted by Gasteiger charge is -2.21. The molecule has 0 saturated carbocycles. The number of hydrogen-bond acceptors (Lipinski definition) is 2. The summed E-state index contributed by atoms with van der Waals surface area (Å²) < 4.78 is 18.2. The molecule has 2 aromatic carbocycles. The van der Waals surface area contributed by atoms with Gasteiger partial charge in [-0.1, -0.05) is 18.2 Å². The maximum Gasteiger partial charge on any atom is 0.231 e. The highest BCUT2D eigenvalue weighted by atomic mass is 19.1. The predicted octanol–water partition coefficient (Wildman–Crippen LogP) is 3.43. The molecule has 0 N–H and O–H groups in total. The lowest BCUT2D eigenvalue weighted by molar-refractivity contribution is -0.118. The van der Waals surface area contributed by atoms with Gasteiger partial charge in [-0.25, -0.2) is 4.39 Å². The summed E-state index contributed by atoms with van der Waals surface area (Å²) in [6.07, 6.45) is 0.245. The molecule has 0 atom stereocenters. The highest BCUT2D eigenvalue weighted by Gasteiger charge is 2.16. The van der Waals surface area contributed by atoms with Gasteiger partial charge in [0.25, 0.3) is 0 Å². The van der Waals surface area contributed by atoms with Crippen molar-refractivity contribution in [3.63, 3.8) is 0 Å². The fourth-order valence-electron chi connectivity index (χ4n) is 2.23. The highest BCUT2D eigenvalue weighted by molar-refractivity contribution is 5.95. The van der Waals surface area contributed by atoms with Crippen LogP contribution in [0.2, 0.25) is 0 Å². The van der Waals surface area contributed by atoms with E-state index in [2.05, 4.69) is 0 Å². The van der Waals surface area contributed by atoms with E-state index in [1.54, 1.807) is 24.1 Å². The molecule has 21 heavy (non-hydrogen) atoms. The molecule has 2 aromatic rings. The Morgan fingerprint density at radius 3 is 2.43 bits per heavy atom. The number of amides is 1. The molecule has 0 aliphatic carbocycles. The zero-order valence-electron chi connectivity index (χ0n) is 12.2. The van der Waals surface area contributed by atoms with E-state index >= 15 is 0 Å². The molecule has 0 aliphatic heterocycles. The van der Waals surface area contributed by atoms with E-state index in [1.807, 2.05) is 31.2 Å². The largest absolute Gasteiger partial charge is 0.496 e. The molecule has 1 amide bonds. The number of rotatable bonds is 5. The van der Waals surface area contributed by atoms with Gasteiger partial charge in [-0.15, -0.1) is 0 Å². The minimum absolute atomic E-state index is 0.0476. The second-order valence-corrected chi connectivity index (χ2v) is 4.60. The van der Waals surface area contributed by atoms with Gasteiger partial charge >= 0.3 is 0 Å². The average Bonchev–Trinajstić information content (AvgIpc) is 2.50. The summed E-state index contributed by atoms with van der Waals surface area (Å²) in [4.78, 5) is 14.1. The molecule has 4 heteroatoms. The first-order chi connectivity index (χ1) is 10.2. The normalized spacial score (nSPS) is 10.2. The number of carbonyl (C=O) groups is 1. The first-order valence-electron chi connectivity index (χ1n) is 6.83. The molecule has 0 radical (unpaired) electrons. The third-order valence-corrected chi connectivity index (χ3v) is 3.29. The molecule has 2 rings (SSSR count). The van der Waals surface area contributed by atoms with Crippen molar-refractivity contribution < 1.29 is 13.9 Å². The summed E-state index contributed by atoms with van der Waals surface area (Å²) in [7, 11) is 1.58. The molecule has 0 unspecified atom stereocenters. The van der Waals surface area contributed by atoms with Crippen molar-refractivity contribution in [2.75, 3.05) is 18.6 Å². The van der Waals surface area contributed by atoms with E-state index in [1.165, 1.54) is 12.1 Å². The van der Waals surface area contributed by atoms with Crippen LogP contribution >= 0.6 is 0 Å². The lowest BCUT2D eigenvalue weighted by atomic mass is 10.1. The van der Waals surface area contributed by atoms with E-state index in [0.29, 0.717) is 18.0 Å². The Hall–Kier alpha value is -2.36. The second-order valence-electron chi connectivity index (χ2n) is 4.60. The van der Waals surface area contributed by atoms with Crippen LogP contribution in [0.4, 0.5) is 10.1 Å². The fraction of sp³-hybridized carbons (Fsp3) is 0.235. The predicted molar refractivity (Wildman–Crippen MR) is 81.1 cm³/mol. The van der Waals surface area contributed by atoms with Gasteiger partial charge in [0.05, 0.1) is 13.5 Å². The number of methoxy groups -OCH3 is 1. The van der Waals surface area contributed by atoms with E-state index in [9.17, 15) is 9.18 Å². The summed E-state index contributed by atoms with van der Waals surface area (Å²) in [6, 6.07) is 13.4. The molecule has 3 nitrogen and oxygen atoms in total. The first-order valence-corrected chi connectivity index (χ1v) is 6.83. The minimum Gasteiger partial charge on any atom is -0.496 e. The first kappa shape index (κ1) is 15.0. The third kappa shape index (κ3) is 3.60. The number of carbonyl (C=O) groups excluding carboxylic acids is 1. The van der Waals surface area contributed by atoms with Crippen LogP contribution in [0.1, 0.15) is 12.5 Å². The Bertz CT molecular complexity index is 610. The van der Waals surface area contributed by atoms with Crippen molar-refractivity contribution in [3.05, 3.63) is 59.9 Å². The number of benzene rings is 2. The SMILES string of the molecule is CCN(C(=O)Cc1ccccc1OC)c1ccc(F)cc1.